The molecule has 1 saturated heterocycles. The van der Waals surface area contributed by atoms with Gasteiger partial charge in [-0.15, -0.1) is 13.2 Å². The van der Waals surface area contributed by atoms with Crippen molar-refractivity contribution in [3.63, 3.8) is 0 Å². The smallest absolute Gasteiger partial charge is 0.337 e. The Labute approximate surface area is 149 Å². The number of nitrogens with zero attached hydrogens (tertiary/aromatic N) is 3. The van der Waals surface area contributed by atoms with E-state index in [9.17, 15) is 27.6 Å². The molecule has 1 aromatic heterocycles. The number of carbonyl (C=O) groups excluding carboxylic acids is 1. The molecule has 0 radical (unpaired) electrons. The molecule has 1 amide bonds. The molecule has 142 valence electrons. The molecule has 1 atom stereocenters. The Morgan fingerprint density at radius 1 is 1.04 bits per heavy atom. The number of sulfone groups is 1. The van der Waals surface area contributed by atoms with Gasteiger partial charge in [0.05, 0.1) is 24.6 Å². The fourth-order valence-electron chi connectivity index (χ4n) is 2.71. The van der Waals surface area contributed by atoms with Gasteiger partial charge in [0.15, 0.2) is 9.84 Å². The van der Waals surface area contributed by atoms with Gasteiger partial charge in [0.25, 0.3) is 0 Å². The lowest BCUT2D eigenvalue weighted by Crippen LogP contribution is -2.56. The van der Waals surface area contributed by atoms with E-state index in [0.717, 1.165) is 9.13 Å². The third-order valence-electron chi connectivity index (χ3n) is 3.91. The molecular weight excluding hydrogens is 364 g/mol. The van der Waals surface area contributed by atoms with E-state index in [4.69, 9.17) is 0 Å². The Hall–Kier alpha value is -2.69. The molecule has 0 spiro atoms. The van der Waals surface area contributed by atoms with Crippen LogP contribution in [0.2, 0.25) is 0 Å². The fourth-order valence-corrected chi connectivity index (χ4v) is 4.39. The van der Waals surface area contributed by atoms with Gasteiger partial charge in [0.2, 0.25) is 5.91 Å². The number of hydrogen-bond donors (Lipinski definition) is 1. The summed E-state index contributed by atoms with van der Waals surface area (Å²) < 4.78 is 25.1. The lowest BCUT2D eigenvalue weighted by Gasteiger charge is -2.14. The number of hydrogen-bond acceptors (Lipinski definition) is 6. The molecule has 10 nitrogen and oxygen atoms in total. The van der Waals surface area contributed by atoms with Gasteiger partial charge in [0, 0.05) is 6.04 Å². The Morgan fingerprint density at radius 3 is 1.96 bits per heavy atom. The second-order valence-electron chi connectivity index (χ2n) is 5.90. The molecule has 0 saturated carbocycles. The number of carbonyl (C=O) groups is 1. The average molecular weight is 384 g/mol. The lowest BCUT2D eigenvalue weighted by molar-refractivity contribution is -0.122. The highest BCUT2D eigenvalue weighted by molar-refractivity contribution is 7.91. The molecule has 26 heavy (non-hydrogen) atoms. The molecule has 0 unspecified atom stereocenters. The van der Waals surface area contributed by atoms with E-state index in [-0.39, 0.29) is 31.0 Å². The van der Waals surface area contributed by atoms with Crippen LogP contribution in [0.1, 0.15) is 6.42 Å². The highest BCUT2D eigenvalue weighted by Crippen LogP contribution is 2.10. The minimum absolute atomic E-state index is 0.0196. The van der Waals surface area contributed by atoms with Gasteiger partial charge >= 0.3 is 17.1 Å². The van der Waals surface area contributed by atoms with Crippen LogP contribution >= 0.6 is 0 Å². The Morgan fingerprint density at radius 2 is 1.54 bits per heavy atom. The minimum Gasteiger partial charge on any atom is -0.351 e. The number of nitrogens with one attached hydrogen (secondary N) is 1. The van der Waals surface area contributed by atoms with Crippen LogP contribution in [-0.4, -0.2) is 45.6 Å². The van der Waals surface area contributed by atoms with Crippen LogP contribution in [0.3, 0.4) is 0 Å². The molecule has 1 aliphatic rings. The predicted octanol–water partition coefficient (Wildman–Crippen LogP) is -2.15. The zero-order chi connectivity index (χ0) is 19.5. The number of rotatable bonds is 7. The van der Waals surface area contributed by atoms with Crippen molar-refractivity contribution in [3.05, 3.63) is 56.8 Å². The number of amides is 1. The fraction of sp³-hybridized carbons (Fsp3) is 0.467. The van der Waals surface area contributed by atoms with Crippen LogP contribution in [0.15, 0.2) is 39.7 Å². The first kappa shape index (κ1) is 19.6. The Bertz CT molecular complexity index is 966. The zero-order valence-corrected chi connectivity index (χ0v) is 14.9. The molecule has 0 aromatic carbocycles. The van der Waals surface area contributed by atoms with Gasteiger partial charge in [0.1, 0.15) is 6.54 Å². The average Bonchev–Trinajstić information content (AvgIpc) is 2.91. The maximum absolute atomic E-state index is 12.4. The maximum Gasteiger partial charge on any atom is 0.337 e. The second-order valence-corrected chi connectivity index (χ2v) is 8.13. The van der Waals surface area contributed by atoms with Crippen molar-refractivity contribution in [2.24, 2.45) is 0 Å². The molecule has 0 aliphatic carbocycles. The zero-order valence-electron chi connectivity index (χ0n) is 14.1. The van der Waals surface area contributed by atoms with E-state index in [1.54, 1.807) is 0 Å². The Kier molecular flexibility index (Phi) is 5.80. The summed E-state index contributed by atoms with van der Waals surface area (Å²) in [5.41, 5.74) is -2.69. The van der Waals surface area contributed by atoms with Crippen LogP contribution < -0.4 is 22.4 Å². The molecule has 1 N–H and O–H groups in total. The van der Waals surface area contributed by atoms with Gasteiger partial charge in [-0.2, -0.15) is 0 Å². The van der Waals surface area contributed by atoms with Crippen molar-refractivity contribution in [2.45, 2.75) is 32.1 Å². The van der Waals surface area contributed by atoms with Crippen molar-refractivity contribution in [1.82, 2.24) is 19.0 Å². The van der Waals surface area contributed by atoms with Crippen molar-refractivity contribution in [2.75, 3.05) is 11.5 Å². The van der Waals surface area contributed by atoms with E-state index in [0.29, 0.717) is 4.57 Å². The monoisotopic (exact) mass is 384 g/mol. The van der Waals surface area contributed by atoms with Gasteiger partial charge < -0.3 is 5.32 Å². The first-order chi connectivity index (χ1) is 12.2. The van der Waals surface area contributed by atoms with Crippen molar-refractivity contribution >= 4 is 15.7 Å². The topological polar surface area (TPSA) is 129 Å². The highest BCUT2D eigenvalue weighted by atomic mass is 32.2. The van der Waals surface area contributed by atoms with Crippen molar-refractivity contribution in [1.29, 1.82) is 0 Å². The third-order valence-corrected chi connectivity index (χ3v) is 5.68. The summed E-state index contributed by atoms with van der Waals surface area (Å²) in [5, 5.41) is 2.50. The van der Waals surface area contributed by atoms with Crippen molar-refractivity contribution < 1.29 is 13.2 Å². The van der Waals surface area contributed by atoms with Gasteiger partial charge in [-0.05, 0) is 6.42 Å². The van der Waals surface area contributed by atoms with Crippen LogP contribution in [0, 0.1) is 0 Å². The number of allylic oxidation sites excluding steroid dienone is 2. The van der Waals surface area contributed by atoms with E-state index in [1.807, 2.05) is 0 Å². The molecule has 1 fully saturated rings. The molecule has 2 rings (SSSR count). The summed E-state index contributed by atoms with van der Waals surface area (Å²) in [6.07, 6.45) is 2.91. The number of aromatic nitrogens is 3. The molecule has 11 heteroatoms. The molecular formula is C15H20N4O6S. The molecule has 1 aromatic rings. The lowest BCUT2D eigenvalue weighted by atomic mass is 10.2. The summed E-state index contributed by atoms with van der Waals surface area (Å²) in [7, 11) is -3.18. The van der Waals surface area contributed by atoms with E-state index in [1.165, 1.54) is 12.2 Å². The maximum atomic E-state index is 12.4. The van der Waals surface area contributed by atoms with Crippen LogP contribution in [0.4, 0.5) is 0 Å². The molecule has 1 aliphatic heterocycles. The standard InChI is InChI=1S/C15H20N4O6S/c1-3-6-17-13(21)18(7-4-2)15(23)19(14(17)22)9-12(20)16-11-5-8-26(24,25)10-11/h3-4,11H,1-2,5-10H2,(H,16,20)/t11-/m1/s1. The summed E-state index contributed by atoms with van der Waals surface area (Å²) in [5.74, 6) is -0.876. The third kappa shape index (κ3) is 4.10. The summed E-state index contributed by atoms with van der Waals surface area (Å²) >= 11 is 0. The second kappa shape index (κ2) is 7.68. The van der Waals surface area contributed by atoms with Gasteiger partial charge in [-0.3, -0.25) is 4.79 Å². The summed E-state index contributed by atoms with van der Waals surface area (Å²) in [4.78, 5) is 49.2. The van der Waals surface area contributed by atoms with Crippen LogP contribution in [0.5, 0.6) is 0 Å². The Balaban J connectivity index is 2.36. The predicted molar refractivity (Wildman–Crippen MR) is 94.8 cm³/mol. The highest BCUT2D eigenvalue weighted by Gasteiger charge is 2.29. The first-order valence-electron chi connectivity index (χ1n) is 7.86. The van der Waals surface area contributed by atoms with Crippen molar-refractivity contribution in [3.8, 4) is 0 Å². The largest absolute Gasteiger partial charge is 0.351 e. The first-order valence-corrected chi connectivity index (χ1v) is 9.68. The SMILES string of the molecule is C=CCn1c(=O)n(CC=C)c(=O)n(CC(=O)N[C@@H]2CCS(=O)(=O)C2)c1=O. The quantitative estimate of drug-likeness (QED) is 0.534. The summed E-state index contributed by atoms with van der Waals surface area (Å²) in [6.45, 7) is 6.04. The molecule has 2 heterocycles. The van der Waals surface area contributed by atoms with Crippen LogP contribution in [0.25, 0.3) is 0 Å². The molecule has 0 bridgehead atoms. The van der Waals surface area contributed by atoms with Gasteiger partial charge in [-0.25, -0.2) is 36.5 Å². The van der Waals surface area contributed by atoms with E-state index in [2.05, 4.69) is 18.5 Å². The van der Waals surface area contributed by atoms with Crippen LogP contribution in [-0.2, 0) is 34.3 Å². The van der Waals surface area contributed by atoms with E-state index < -0.39 is 45.4 Å². The summed E-state index contributed by atoms with van der Waals surface area (Å²) in [6, 6.07) is -0.558. The normalized spacial score (nSPS) is 18.4. The van der Waals surface area contributed by atoms with Gasteiger partial charge in [-0.1, -0.05) is 12.2 Å². The minimum atomic E-state index is -3.18. The van der Waals surface area contributed by atoms with E-state index >= 15 is 0 Å².